The summed E-state index contributed by atoms with van der Waals surface area (Å²) in [6.45, 7) is 4.49. The van der Waals surface area contributed by atoms with Crippen LogP contribution < -0.4 is 10.6 Å². The summed E-state index contributed by atoms with van der Waals surface area (Å²) in [5, 5.41) is 14.9. The zero-order chi connectivity index (χ0) is 9.90. The number of aliphatic hydroxyl groups is 1. The molecule has 1 amide bonds. The van der Waals surface area contributed by atoms with Crippen molar-refractivity contribution in [2.75, 3.05) is 13.2 Å². The van der Waals surface area contributed by atoms with Gasteiger partial charge in [0.25, 0.3) is 0 Å². The molecule has 1 heterocycles. The summed E-state index contributed by atoms with van der Waals surface area (Å²) >= 11 is 0. The molecule has 0 aromatic carbocycles. The molecule has 1 aliphatic rings. The first kappa shape index (κ1) is 13.7. The fourth-order valence-corrected chi connectivity index (χ4v) is 1.37. The summed E-state index contributed by atoms with van der Waals surface area (Å²) in [7, 11) is 0. The lowest BCUT2D eigenvalue weighted by molar-refractivity contribution is -0.124. The SMILES string of the molecule is CC(C)(CO)NC(=O)C1CCCN1.Cl. The lowest BCUT2D eigenvalue weighted by atomic mass is 10.1. The van der Waals surface area contributed by atoms with Crippen LogP contribution in [0.1, 0.15) is 26.7 Å². The fraction of sp³-hybridized carbons (Fsp3) is 0.889. The number of halogens is 1. The Morgan fingerprint density at radius 2 is 2.29 bits per heavy atom. The quantitative estimate of drug-likeness (QED) is 0.632. The molecule has 0 saturated carbocycles. The Labute approximate surface area is 90.9 Å². The van der Waals surface area contributed by atoms with Crippen LogP contribution >= 0.6 is 12.4 Å². The molecule has 1 saturated heterocycles. The molecule has 1 rings (SSSR count). The lowest BCUT2D eigenvalue weighted by Gasteiger charge is -2.25. The van der Waals surface area contributed by atoms with Crippen molar-refractivity contribution in [2.45, 2.75) is 38.3 Å². The standard InChI is InChI=1S/C9H18N2O2.ClH/c1-9(2,6-12)11-8(13)7-4-3-5-10-7;/h7,10,12H,3-6H2,1-2H3,(H,11,13);1H. The Bertz CT molecular complexity index is 191. The van der Waals surface area contributed by atoms with E-state index < -0.39 is 5.54 Å². The van der Waals surface area contributed by atoms with E-state index in [1.54, 1.807) is 13.8 Å². The minimum absolute atomic E-state index is 0. The van der Waals surface area contributed by atoms with Crippen LogP contribution in [0.25, 0.3) is 0 Å². The van der Waals surface area contributed by atoms with Gasteiger partial charge in [-0.15, -0.1) is 12.4 Å². The summed E-state index contributed by atoms with van der Waals surface area (Å²) in [5.41, 5.74) is -0.513. The highest BCUT2D eigenvalue weighted by molar-refractivity contribution is 5.85. The molecular weight excluding hydrogens is 204 g/mol. The van der Waals surface area contributed by atoms with Crippen molar-refractivity contribution in [2.24, 2.45) is 0 Å². The van der Waals surface area contributed by atoms with Crippen molar-refractivity contribution < 1.29 is 9.90 Å². The van der Waals surface area contributed by atoms with Gasteiger partial charge in [-0.1, -0.05) is 0 Å². The highest BCUT2D eigenvalue weighted by atomic mass is 35.5. The number of hydrogen-bond acceptors (Lipinski definition) is 3. The summed E-state index contributed by atoms with van der Waals surface area (Å²) in [4.78, 5) is 11.5. The summed E-state index contributed by atoms with van der Waals surface area (Å²) < 4.78 is 0. The smallest absolute Gasteiger partial charge is 0.237 e. The Morgan fingerprint density at radius 1 is 1.64 bits per heavy atom. The Balaban J connectivity index is 0.00000169. The van der Waals surface area contributed by atoms with Crippen LogP contribution in [0.2, 0.25) is 0 Å². The van der Waals surface area contributed by atoms with Crippen molar-refractivity contribution in [3.05, 3.63) is 0 Å². The van der Waals surface area contributed by atoms with E-state index in [2.05, 4.69) is 10.6 Å². The molecule has 1 fully saturated rings. The highest BCUT2D eigenvalue weighted by Gasteiger charge is 2.26. The monoisotopic (exact) mass is 222 g/mol. The van der Waals surface area contributed by atoms with Gasteiger partial charge in [-0.05, 0) is 33.2 Å². The normalized spacial score (nSPS) is 21.5. The molecule has 5 heteroatoms. The number of nitrogens with one attached hydrogen (secondary N) is 2. The second-order valence-corrected chi connectivity index (χ2v) is 4.18. The largest absolute Gasteiger partial charge is 0.394 e. The fourth-order valence-electron chi connectivity index (χ4n) is 1.37. The number of hydrogen-bond donors (Lipinski definition) is 3. The van der Waals surface area contributed by atoms with E-state index in [-0.39, 0.29) is 31.0 Å². The van der Waals surface area contributed by atoms with E-state index in [1.165, 1.54) is 0 Å². The average Bonchev–Trinajstić information content (AvgIpc) is 2.55. The molecule has 0 radical (unpaired) electrons. The molecule has 1 atom stereocenters. The Kier molecular flexibility index (Phi) is 5.41. The molecule has 3 N–H and O–H groups in total. The number of carbonyl (C=O) groups excluding carboxylic acids is 1. The van der Waals surface area contributed by atoms with Gasteiger partial charge in [-0.25, -0.2) is 0 Å². The number of rotatable bonds is 3. The first-order valence-electron chi connectivity index (χ1n) is 4.71. The van der Waals surface area contributed by atoms with Crippen LogP contribution in [0, 0.1) is 0 Å². The van der Waals surface area contributed by atoms with Gasteiger partial charge in [0.2, 0.25) is 5.91 Å². The van der Waals surface area contributed by atoms with Crippen LogP contribution in [0.5, 0.6) is 0 Å². The van der Waals surface area contributed by atoms with Crippen LogP contribution in [-0.4, -0.2) is 35.7 Å². The van der Waals surface area contributed by atoms with Crippen molar-refractivity contribution in [3.63, 3.8) is 0 Å². The minimum Gasteiger partial charge on any atom is -0.394 e. The van der Waals surface area contributed by atoms with Gasteiger partial charge in [0.15, 0.2) is 0 Å². The van der Waals surface area contributed by atoms with E-state index >= 15 is 0 Å². The van der Waals surface area contributed by atoms with Gasteiger partial charge in [-0.3, -0.25) is 4.79 Å². The first-order valence-corrected chi connectivity index (χ1v) is 4.71. The second kappa shape index (κ2) is 5.53. The summed E-state index contributed by atoms with van der Waals surface area (Å²) in [6, 6.07) is -0.0641. The Morgan fingerprint density at radius 3 is 2.71 bits per heavy atom. The van der Waals surface area contributed by atoms with Crippen LogP contribution in [0.4, 0.5) is 0 Å². The second-order valence-electron chi connectivity index (χ2n) is 4.18. The van der Waals surface area contributed by atoms with Gasteiger partial charge in [0.1, 0.15) is 0 Å². The highest BCUT2D eigenvalue weighted by Crippen LogP contribution is 2.07. The number of amides is 1. The zero-order valence-electron chi connectivity index (χ0n) is 8.67. The lowest BCUT2D eigenvalue weighted by Crippen LogP contribution is -2.52. The van der Waals surface area contributed by atoms with E-state index in [4.69, 9.17) is 5.11 Å². The first-order chi connectivity index (χ1) is 6.05. The third-order valence-corrected chi connectivity index (χ3v) is 2.23. The maximum absolute atomic E-state index is 11.5. The predicted octanol–water partition coefficient (Wildman–Crippen LogP) is 0.0473. The van der Waals surface area contributed by atoms with Crippen LogP contribution in [0.15, 0.2) is 0 Å². The number of carbonyl (C=O) groups is 1. The van der Waals surface area contributed by atoms with E-state index in [0.29, 0.717) is 0 Å². The predicted molar refractivity (Wildman–Crippen MR) is 57.6 cm³/mol. The van der Waals surface area contributed by atoms with Gasteiger partial charge in [-0.2, -0.15) is 0 Å². The maximum Gasteiger partial charge on any atom is 0.237 e. The molecule has 1 aliphatic heterocycles. The molecule has 14 heavy (non-hydrogen) atoms. The van der Waals surface area contributed by atoms with Crippen molar-refractivity contribution in [1.29, 1.82) is 0 Å². The molecule has 84 valence electrons. The molecule has 4 nitrogen and oxygen atoms in total. The van der Waals surface area contributed by atoms with Gasteiger partial charge in [0, 0.05) is 0 Å². The molecular formula is C9H19ClN2O2. The van der Waals surface area contributed by atoms with Crippen molar-refractivity contribution in [1.82, 2.24) is 10.6 Å². The van der Waals surface area contributed by atoms with Crippen molar-refractivity contribution >= 4 is 18.3 Å². The third-order valence-electron chi connectivity index (χ3n) is 2.23. The van der Waals surface area contributed by atoms with E-state index in [9.17, 15) is 4.79 Å². The molecule has 0 aromatic rings. The molecule has 0 aromatic heterocycles. The summed E-state index contributed by atoms with van der Waals surface area (Å²) in [6.07, 6.45) is 1.95. The van der Waals surface area contributed by atoms with E-state index in [0.717, 1.165) is 19.4 Å². The maximum atomic E-state index is 11.5. The minimum atomic E-state index is -0.513. The summed E-state index contributed by atoms with van der Waals surface area (Å²) in [5.74, 6) is -0.00319. The van der Waals surface area contributed by atoms with Gasteiger partial charge >= 0.3 is 0 Å². The average molecular weight is 223 g/mol. The van der Waals surface area contributed by atoms with Crippen LogP contribution in [0.3, 0.4) is 0 Å². The zero-order valence-corrected chi connectivity index (χ0v) is 9.49. The third kappa shape index (κ3) is 3.82. The van der Waals surface area contributed by atoms with Gasteiger partial charge < -0.3 is 15.7 Å². The molecule has 1 unspecified atom stereocenters. The van der Waals surface area contributed by atoms with Crippen LogP contribution in [-0.2, 0) is 4.79 Å². The number of aliphatic hydroxyl groups excluding tert-OH is 1. The molecule has 0 spiro atoms. The van der Waals surface area contributed by atoms with Crippen molar-refractivity contribution in [3.8, 4) is 0 Å². The molecule has 0 aliphatic carbocycles. The Hall–Kier alpha value is -0.320. The van der Waals surface area contributed by atoms with Gasteiger partial charge in [0.05, 0.1) is 18.2 Å². The topological polar surface area (TPSA) is 61.4 Å². The molecule has 0 bridgehead atoms. The van der Waals surface area contributed by atoms with E-state index in [1.807, 2.05) is 0 Å².